The van der Waals surface area contributed by atoms with Crippen LogP contribution in [0, 0.1) is 13.8 Å². The van der Waals surface area contributed by atoms with Crippen LogP contribution in [0.25, 0.3) is 0 Å². The van der Waals surface area contributed by atoms with Gasteiger partial charge in [-0.05, 0) is 25.5 Å². The van der Waals surface area contributed by atoms with Gasteiger partial charge in [-0.15, -0.1) is 0 Å². The highest BCUT2D eigenvalue weighted by Crippen LogP contribution is 2.19. The Morgan fingerprint density at radius 3 is 2.75 bits per heavy atom. The van der Waals surface area contributed by atoms with Crippen LogP contribution >= 0.6 is 0 Å². The van der Waals surface area contributed by atoms with Gasteiger partial charge in [0.25, 0.3) is 0 Å². The van der Waals surface area contributed by atoms with Gasteiger partial charge in [0, 0.05) is 7.05 Å². The van der Waals surface area contributed by atoms with Crippen LogP contribution in [0.1, 0.15) is 16.8 Å². The van der Waals surface area contributed by atoms with Crippen molar-refractivity contribution in [2.75, 3.05) is 0 Å². The van der Waals surface area contributed by atoms with Gasteiger partial charge in [0.1, 0.15) is 12.4 Å². The van der Waals surface area contributed by atoms with Gasteiger partial charge in [0.15, 0.2) is 0 Å². The first-order valence-corrected chi connectivity index (χ1v) is 5.32. The summed E-state index contributed by atoms with van der Waals surface area (Å²) in [6, 6.07) is 6.20. The van der Waals surface area contributed by atoms with Crippen LogP contribution in [0.2, 0.25) is 0 Å². The topological polar surface area (TPSA) is 27.1 Å². The number of aryl methyl sites for hydroxylation is 3. The van der Waals surface area contributed by atoms with E-state index in [1.807, 2.05) is 23.9 Å². The Bertz CT molecular complexity index is 488. The molecule has 0 bridgehead atoms. The van der Waals surface area contributed by atoms with Gasteiger partial charge in [-0.3, -0.25) is 0 Å². The maximum Gasteiger partial charge on any atom is 0.130 e. The molecular weight excluding hydrogens is 200 g/mol. The third-order valence-electron chi connectivity index (χ3n) is 2.62. The summed E-state index contributed by atoms with van der Waals surface area (Å²) in [5.74, 6) is 0.937. The first-order valence-electron chi connectivity index (χ1n) is 5.32. The van der Waals surface area contributed by atoms with Crippen LogP contribution in [0.3, 0.4) is 0 Å². The predicted octanol–water partition coefficient (Wildman–Crippen LogP) is 2.62. The summed E-state index contributed by atoms with van der Waals surface area (Å²) < 4.78 is 7.72. The molecule has 16 heavy (non-hydrogen) atoms. The van der Waals surface area contributed by atoms with Gasteiger partial charge < -0.3 is 9.30 Å². The quantitative estimate of drug-likeness (QED) is 0.788. The molecule has 0 aliphatic rings. The standard InChI is InChI=1S/C13H16N2O/c1-10-4-5-13(11(2)6-10)16-8-12-7-14-9-15(12)3/h4-7,9H,8H2,1-3H3. The molecule has 3 nitrogen and oxygen atoms in total. The summed E-state index contributed by atoms with van der Waals surface area (Å²) in [6.07, 6.45) is 3.60. The van der Waals surface area contributed by atoms with Crippen molar-refractivity contribution in [2.24, 2.45) is 7.05 Å². The molecule has 1 aromatic heterocycles. The van der Waals surface area contributed by atoms with E-state index in [9.17, 15) is 0 Å². The van der Waals surface area contributed by atoms with Crippen LogP contribution in [0.15, 0.2) is 30.7 Å². The fraction of sp³-hybridized carbons (Fsp3) is 0.308. The Hall–Kier alpha value is -1.77. The highest BCUT2D eigenvalue weighted by atomic mass is 16.5. The summed E-state index contributed by atoms with van der Waals surface area (Å²) in [6.45, 7) is 4.70. The normalized spacial score (nSPS) is 10.4. The molecule has 1 aromatic carbocycles. The van der Waals surface area contributed by atoms with Crippen molar-refractivity contribution in [3.8, 4) is 5.75 Å². The molecule has 0 atom stereocenters. The van der Waals surface area contributed by atoms with Crippen LogP contribution in [0.4, 0.5) is 0 Å². The van der Waals surface area contributed by atoms with Crippen LogP contribution in [-0.4, -0.2) is 9.55 Å². The number of ether oxygens (including phenoxy) is 1. The number of nitrogens with zero attached hydrogens (tertiary/aromatic N) is 2. The van der Waals surface area contributed by atoms with E-state index in [4.69, 9.17) is 4.74 Å². The maximum atomic E-state index is 5.76. The average molecular weight is 216 g/mol. The number of imidazole rings is 1. The minimum atomic E-state index is 0.556. The van der Waals surface area contributed by atoms with Crippen molar-refractivity contribution < 1.29 is 4.74 Å². The second kappa shape index (κ2) is 4.39. The molecule has 0 radical (unpaired) electrons. The number of aromatic nitrogens is 2. The predicted molar refractivity (Wildman–Crippen MR) is 63.5 cm³/mol. The Morgan fingerprint density at radius 2 is 2.12 bits per heavy atom. The largest absolute Gasteiger partial charge is 0.487 e. The third-order valence-corrected chi connectivity index (χ3v) is 2.62. The van der Waals surface area contributed by atoms with Crippen LogP contribution in [0.5, 0.6) is 5.75 Å². The Balaban J connectivity index is 2.08. The molecule has 1 heterocycles. The Labute approximate surface area is 95.7 Å². The molecule has 2 aromatic rings. The first-order chi connectivity index (χ1) is 7.66. The van der Waals surface area contributed by atoms with Gasteiger partial charge in [-0.2, -0.15) is 0 Å². The second-order valence-corrected chi connectivity index (χ2v) is 4.05. The van der Waals surface area contributed by atoms with Gasteiger partial charge in [-0.25, -0.2) is 4.98 Å². The minimum absolute atomic E-state index is 0.556. The summed E-state index contributed by atoms with van der Waals surface area (Å²) in [4.78, 5) is 4.05. The zero-order valence-electron chi connectivity index (χ0n) is 9.90. The zero-order valence-corrected chi connectivity index (χ0v) is 9.90. The summed E-state index contributed by atoms with van der Waals surface area (Å²) in [5.41, 5.74) is 3.49. The van der Waals surface area contributed by atoms with Crippen LogP contribution < -0.4 is 4.74 Å². The van der Waals surface area contributed by atoms with E-state index in [-0.39, 0.29) is 0 Å². The van der Waals surface area contributed by atoms with Crippen molar-refractivity contribution in [1.82, 2.24) is 9.55 Å². The molecule has 2 rings (SSSR count). The fourth-order valence-electron chi connectivity index (χ4n) is 1.64. The third kappa shape index (κ3) is 2.24. The molecule has 0 amide bonds. The van der Waals surface area contributed by atoms with Gasteiger partial charge in [0.05, 0.1) is 18.2 Å². The molecule has 0 saturated heterocycles. The molecule has 0 spiro atoms. The van der Waals surface area contributed by atoms with E-state index < -0.39 is 0 Å². The lowest BCUT2D eigenvalue weighted by atomic mass is 10.1. The second-order valence-electron chi connectivity index (χ2n) is 4.05. The summed E-state index contributed by atoms with van der Waals surface area (Å²) in [7, 11) is 1.97. The molecule has 0 aliphatic heterocycles. The summed E-state index contributed by atoms with van der Waals surface area (Å²) >= 11 is 0. The van der Waals surface area contributed by atoms with E-state index in [0.29, 0.717) is 6.61 Å². The fourth-order valence-corrected chi connectivity index (χ4v) is 1.64. The Kier molecular flexibility index (Phi) is 2.95. The van der Waals surface area contributed by atoms with Crippen molar-refractivity contribution in [3.63, 3.8) is 0 Å². The van der Waals surface area contributed by atoms with Crippen molar-refractivity contribution >= 4 is 0 Å². The highest BCUT2D eigenvalue weighted by Gasteiger charge is 2.02. The minimum Gasteiger partial charge on any atom is -0.487 e. The van der Waals surface area contributed by atoms with Crippen molar-refractivity contribution in [3.05, 3.63) is 47.5 Å². The monoisotopic (exact) mass is 216 g/mol. The number of hydrogen-bond donors (Lipinski definition) is 0. The van der Waals surface area contributed by atoms with E-state index in [2.05, 4.69) is 31.0 Å². The molecule has 0 N–H and O–H groups in total. The molecule has 0 aliphatic carbocycles. The number of benzene rings is 1. The molecule has 3 heteroatoms. The lowest BCUT2D eigenvalue weighted by Crippen LogP contribution is -2.02. The first kappa shape index (κ1) is 10.7. The molecule has 0 unspecified atom stereocenters. The maximum absolute atomic E-state index is 5.76. The number of rotatable bonds is 3. The van der Waals surface area contributed by atoms with Crippen molar-refractivity contribution in [2.45, 2.75) is 20.5 Å². The summed E-state index contributed by atoms with van der Waals surface area (Å²) in [5, 5.41) is 0. The zero-order chi connectivity index (χ0) is 11.5. The van der Waals surface area contributed by atoms with Gasteiger partial charge >= 0.3 is 0 Å². The van der Waals surface area contributed by atoms with Crippen molar-refractivity contribution in [1.29, 1.82) is 0 Å². The molecular formula is C13H16N2O. The molecule has 84 valence electrons. The van der Waals surface area contributed by atoms with E-state index >= 15 is 0 Å². The smallest absolute Gasteiger partial charge is 0.130 e. The van der Waals surface area contributed by atoms with E-state index in [0.717, 1.165) is 11.4 Å². The van der Waals surface area contributed by atoms with Gasteiger partial charge in [0.2, 0.25) is 0 Å². The SMILES string of the molecule is Cc1ccc(OCc2cncn2C)c(C)c1. The molecule has 0 saturated carbocycles. The average Bonchev–Trinajstić information content (AvgIpc) is 2.63. The number of hydrogen-bond acceptors (Lipinski definition) is 2. The Morgan fingerprint density at radius 1 is 1.31 bits per heavy atom. The highest BCUT2D eigenvalue weighted by molar-refractivity contribution is 5.35. The molecule has 0 fully saturated rings. The van der Waals surface area contributed by atoms with Gasteiger partial charge in [-0.1, -0.05) is 17.7 Å². The van der Waals surface area contributed by atoms with E-state index in [1.165, 1.54) is 11.1 Å². The lowest BCUT2D eigenvalue weighted by Gasteiger charge is -2.09. The van der Waals surface area contributed by atoms with E-state index in [1.54, 1.807) is 6.33 Å². The van der Waals surface area contributed by atoms with Crippen LogP contribution in [-0.2, 0) is 13.7 Å². The lowest BCUT2D eigenvalue weighted by molar-refractivity contribution is 0.295.